The molecule has 2 aromatic carbocycles. The maximum absolute atomic E-state index is 12.3. The summed E-state index contributed by atoms with van der Waals surface area (Å²) in [6.45, 7) is 1.51. The first-order valence-electron chi connectivity index (χ1n) is 8.65. The van der Waals surface area contributed by atoms with Crippen LogP contribution in [0, 0.1) is 0 Å². The van der Waals surface area contributed by atoms with E-state index in [-0.39, 0.29) is 27.9 Å². The van der Waals surface area contributed by atoms with Crippen molar-refractivity contribution >= 4 is 45.1 Å². The van der Waals surface area contributed by atoms with Crippen molar-refractivity contribution in [3.05, 3.63) is 64.1 Å². The summed E-state index contributed by atoms with van der Waals surface area (Å²) in [5.74, 6) is -1.18. The third kappa shape index (κ3) is 7.01. The Kier molecular flexibility index (Phi) is 8.45. The summed E-state index contributed by atoms with van der Waals surface area (Å²) < 4.78 is 31.9. The Morgan fingerprint density at radius 2 is 1.66 bits per heavy atom. The van der Waals surface area contributed by atoms with Crippen molar-refractivity contribution in [1.29, 1.82) is 0 Å². The van der Waals surface area contributed by atoms with Crippen molar-refractivity contribution in [3.63, 3.8) is 0 Å². The monoisotopic (exact) mass is 458 g/mol. The summed E-state index contributed by atoms with van der Waals surface area (Å²) in [6, 6.07) is 13.6. The molecule has 10 heteroatoms. The minimum atomic E-state index is -4.00. The molecular formula is C19H20Cl2N2O5S. The number of ether oxygens (including phenoxy) is 1. The van der Waals surface area contributed by atoms with Gasteiger partial charge in [0.2, 0.25) is 10.0 Å². The average molecular weight is 459 g/mol. The minimum Gasteiger partial charge on any atom is -0.453 e. The molecule has 0 aliphatic rings. The summed E-state index contributed by atoms with van der Waals surface area (Å²) >= 11 is 11.8. The number of esters is 1. The number of rotatable bonds is 9. The molecule has 156 valence electrons. The molecule has 1 amide bonds. The highest BCUT2D eigenvalue weighted by atomic mass is 35.5. The van der Waals surface area contributed by atoms with E-state index in [1.165, 1.54) is 25.1 Å². The van der Waals surface area contributed by atoms with Crippen LogP contribution in [-0.4, -0.2) is 32.9 Å². The Morgan fingerprint density at radius 3 is 2.28 bits per heavy atom. The van der Waals surface area contributed by atoms with Crippen LogP contribution in [0.4, 0.5) is 0 Å². The van der Waals surface area contributed by atoms with Crippen molar-refractivity contribution in [3.8, 4) is 0 Å². The summed E-state index contributed by atoms with van der Waals surface area (Å²) in [5, 5.41) is 2.60. The second kappa shape index (κ2) is 10.6. The van der Waals surface area contributed by atoms with E-state index in [0.717, 1.165) is 5.56 Å². The van der Waals surface area contributed by atoms with E-state index in [9.17, 15) is 18.0 Å². The molecule has 0 aliphatic heterocycles. The fourth-order valence-electron chi connectivity index (χ4n) is 2.34. The van der Waals surface area contributed by atoms with E-state index < -0.39 is 28.0 Å². The standard InChI is InChI=1S/C19H20Cl2N2O5S/c1-13(19(25)22-12-14-6-3-2-4-7-14)28-17(24)10-11-23-29(26,27)18-15(20)8-5-9-16(18)21/h2-9,13,23H,10-12H2,1H3,(H,22,25). The smallest absolute Gasteiger partial charge is 0.307 e. The van der Waals surface area contributed by atoms with Crippen molar-refractivity contribution in [2.24, 2.45) is 0 Å². The normalized spacial score (nSPS) is 12.2. The molecule has 1 unspecified atom stereocenters. The predicted octanol–water partition coefficient (Wildman–Crippen LogP) is 2.91. The molecule has 0 aliphatic carbocycles. The lowest BCUT2D eigenvalue weighted by molar-refractivity contribution is -0.154. The third-order valence-electron chi connectivity index (χ3n) is 3.80. The Labute approximate surface area is 179 Å². The second-order valence-corrected chi connectivity index (χ2v) is 8.55. The molecular weight excluding hydrogens is 439 g/mol. The van der Waals surface area contributed by atoms with Gasteiger partial charge < -0.3 is 10.1 Å². The van der Waals surface area contributed by atoms with Gasteiger partial charge in [-0.1, -0.05) is 59.6 Å². The first kappa shape index (κ1) is 23.2. The van der Waals surface area contributed by atoms with E-state index in [2.05, 4.69) is 10.0 Å². The van der Waals surface area contributed by atoms with Crippen LogP contribution in [0.3, 0.4) is 0 Å². The summed E-state index contributed by atoms with van der Waals surface area (Å²) in [4.78, 5) is 23.7. The zero-order chi connectivity index (χ0) is 21.4. The number of carbonyl (C=O) groups is 2. The van der Waals surface area contributed by atoms with Gasteiger partial charge in [-0.15, -0.1) is 0 Å². The van der Waals surface area contributed by atoms with Crippen molar-refractivity contribution in [2.45, 2.75) is 30.9 Å². The second-order valence-electron chi connectivity index (χ2n) is 6.03. The van der Waals surface area contributed by atoms with Gasteiger partial charge in [-0.05, 0) is 24.6 Å². The fraction of sp³-hybridized carbons (Fsp3) is 0.263. The Hall–Kier alpha value is -2.13. The van der Waals surface area contributed by atoms with Crippen LogP contribution in [0.1, 0.15) is 18.9 Å². The van der Waals surface area contributed by atoms with Crippen LogP contribution < -0.4 is 10.0 Å². The number of hydrogen-bond donors (Lipinski definition) is 2. The molecule has 2 N–H and O–H groups in total. The SMILES string of the molecule is CC(OC(=O)CCNS(=O)(=O)c1c(Cl)cccc1Cl)C(=O)NCc1ccccc1. The topological polar surface area (TPSA) is 102 Å². The van der Waals surface area contributed by atoms with Crippen LogP contribution in [-0.2, 0) is 30.9 Å². The molecule has 0 saturated heterocycles. The Morgan fingerprint density at radius 1 is 1.03 bits per heavy atom. The molecule has 0 bridgehead atoms. The summed E-state index contributed by atoms with van der Waals surface area (Å²) in [6.07, 6.45) is -1.28. The summed E-state index contributed by atoms with van der Waals surface area (Å²) in [7, 11) is -4.00. The lowest BCUT2D eigenvalue weighted by Gasteiger charge is -2.14. The zero-order valence-electron chi connectivity index (χ0n) is 15.5. The highest BCUT2D eigenvalue weighted by molar-refractivity contribution is 7.89. The van der Waals surface area contributed by atoms with Crippen molar-refractivity contribution in [2.75, 3.05) is 6.54 Å². The molecule has 2 rings (SSSR count). The molecule has 0 saturated carbocycles. The number of halogens is 2. The first-order chi connectivity index (χ1) is 13.7. The molecule has 0 fully saturated rings. The number of benzene rings is 2. The van der Waals surface area contributed by atoms with Crippen molar-refractivity contribution in [1.82, 2.24) is 10.0 Å². The highest BCUT2D eigenvalue weighted by Crippen LogP contribution is 2.28. The van der Waals surface area contributed by atoms with E-state index >= 15 is 0 Å². The maximum atomic E-state index is 12.3. The lowest BCUT2D eigenvalue weighted by atomic mass is 10.2. The largest absolute Gasteiger partial charge is 0.453 e. The summed E-state index contributed by atoms with van der Waals surface area (Å²) in [5.41, 5.74) is 0.909. The average Bonchev–Trinajstić information content (AvgIpc) is 2.66. The van der Waals surface area contributed by atoms with Crippen LogP contribution in [0.25, 0.3) is 0 Å². The highest BCUT2D eigenvalue weighted by Gasteiger charge is 2.22. The van der Waals surface area contributed by atoms with E-state index in [1.54, 1.807) is 0 Å². The van der Waals surface area contributed by atoms with Crippen molar-refractivity contribution < 1.29 is 22.7 Å². The quantitative estimate of drug-likeness (QED) is 0.562. The molecule has 1 atom stereocenters. The predicted molar refractivity (Wildman–Crippen MR) is 110 cm³/mol. The number of amides is 1. The van der Waals surface area contributed by atoms with Gasteiger partial charge in [0.15, 0.2) is 6.10 Å². The van der Waals surface area contributed by atoms with E-state index in [4.69, 9.17) is 27.9 Å². The maximum Gasteiger partial charge on any atom is 0.307 e. The Bertz CT molecular complexity index is 948. The molecule has 7 nitrogen and oxygen atoms in total. The Balaban J connectivity index is 1.79. The molecule has 29 heavy (non-hydrogen) atoms. The van der Waals surface area contributed by atoms with Gasteiger partial charge in [-0.2, -0.15) is 0 Å². The number of carbonyl (C=O) groups excluding carboxylic acids is 2. The molecule has 2 aromatic rings. The number of hydrogen-bond acceptors (Lipinski definition) is 5. The zero-order valence-corrected chi connectivity index (χ0v) is 17.9. The molecule has 0 spiro atoms. The van der Waals surface area contributed by atoms with Gasteiger partial charge in [0, 0.05) is 13.1 Å². The van der Waals surface area contributed by atoms with Crippen LogP contribution >= 0.6 is 23.2 Å². The molecule has 0 heterocycles. The van der Waals surface area contributed by atoms with Gasteiger partial charge in [0.1, 0.15) is 4.90 Å². The van der Waals surface area contributed by atoms with Gasteiger partial charge in [0.05, 0.1) is 16.5 Å². The third-order valence-corrected chi connectivity index (χ3v) is 6.21. The number of nitrogens with one attached hydrogen (secondary N) is 2. The van der Waals surface area contributed by atoms with Crippen LogP contribution in [0.5, 0.6) is 0 Å². The fourth-order valence-corrected chi connectivity index (χ4v) is 4.51. The minimum absolute atomic E-state index is 0.0312. The van der Waals surface area contributed by atoms with E-state index in [0.29, 0.717) is 6.54 Å². The lowest BCUT2D eigenvalue weighted by Crippen LogP contribution is -2.36. The molecule has 0 radical (unpaired) electrons. The van der Waals surface area contributed by atoms with E-state index in [1.807, 2.05) is 30.3 Å². The van der Waals surface area contributed by atoms with Crippen LogP contribution in [0.15, 0.2) is 53.4 Å². The van der Waals surface area contributed by atoms with Gasteiger partial charge in [0.25, 0.3) is 5.91 Å². The molecule has 0 aromatic heterocycles. The van der Waals surface area contributed by atoms with Gasteiger partial charge in [-0.3, -0.25) is 9.59 Å². The van der Waals surface area contributed by atoms with Gasteiger partial charge >= 0.3 is 5.97 Å². The first-order valence-corrected chi connectivity index (χ1v) is 10.9. The number of sulfonamides is 1. The van der Waals surface area contributed by atoms with Gasteiger partial charge in [-0.25, -0.2) is 13.1 Å². The van der Waals surface area contributed by atoms with Crippen LogP contribution in [0.2, 0.25) is 10.0 Å².